The van der Waals surface area contributed by atoms with Crippen LogP contribution in [0.15, 0.2) is 72.9 Å². The van der Waals surface area contributed by atoms with Crippen LogP contribution in [0.4, 0.5) is 0 Å². The maximum atomic E-state index is 12.3. The fraction of sp³-hybridized carbons (Fsp3) is 0.770. The van der Waals surface area contributed by atoms with Crippen molar-refractivity contribution in [3.8, 4) is 0 Å². The van der Waals surface area contributed by atoms with Gasteiger partial charge in [-0.05, 0) is 83.5 Å². The summed E-state index contributed by atoms with van der Waals surface area (Å²) in [4.78, 5) is 24.5. The molecule has 0 amide bonds. The van der Waals surface area contributed by atoms with Crippen molar-refractivity contribution < 1.29 is 24.2 Å². The Morgan fingerprint density at radius 3 is 1.02 bits per heavy atom. The van der Waals surface area contributed by atoms with Crippen LogP contribution in [0.3, 0.4) is 0 Å². The van der Waals surface area contributed by atoms with Gasteiger partial charge in [-0.1, -0.05) is 260 Å². The van der Waals surface area contributed by atoms with Crippen molar-refractivity contribution in [1.82, 2.24) is 0 Å². The predicted molar refractivity (Wildman–Crippen MR) is 288 cm³/mol. The average molecular weight is 922 g/mol. The summed E-state index contributed by atoms with van der Waals surface area (Å²) in [5, 5.41) is 9.63. The molecule has 0 radical (unpaired) electrons. The maximum absolute atomic E-state index is 12.3. The van der Waals surface area contributed by atoms with Gasteiger partial charge in [0.1, 0.15) is 6.61 Å². The first-order chi connectivity index (χ1) is 32.6. The number of unbranched alkanes of at least 4 members (excludes halogenated alkanes) is 32. The Balaban J connectivity index is 3.46. The van der Waals surface area contributed by atoms with Crippen molar-refractivity contribution in [1.29, 1.82) is 0 Å². The molecule has 0 spiro atoms. The topological polar surface area (TPSA) is 72.8 Å². The molecular weight excluding hydrogens is 813 g/mol. The Morgan fingerprint density at radius 2 is 0.652 bits per heavy atom. The summed E-state index contributed by atoms with van der Waals surface area (Å²) in [6.45, 7) is 4.02. The van der Waals surface area contributed by atoms with E-state index in [2.05, 4.69) is 86.8 Å². The van der Waals surface area contributed by atoms with Crippen LogP contribution in [-0.4, -0.2) is 36.4 Å². The molecule has 5 heteroatoms. The Labute approximate surface area is 410 Å². The summed E-state index contributed by atoms with van der Waals surface area (Å²) in [6, 6.07) is 0. The van der Waals surface area contributed by atoms with E-state index in [0.717, 1.165) is 77.0 Å². The van der Waals surface area contributed by atoms with E-state index in [1.165, 1.54) is 180 Å². The molecule has 66 heavy (non-hydrogen) atoms. The Bertz CT molecular complexity index is 1180. The van der Waals surface area contributed by atoms with Crippen LogP contribution in [0.2, 0.25) is 0 Å². The van der Waals surface area contributed by atoms with Gasteiger partial charge >= 0.3 is 11.9 Å². The Morgan fingerprint density at radius 1 is 0.364 bits per heavy atom. The Kier molecular flexibility index (Phi) is 54.4. The third-order valence-electron chi connectivity index (χ3n) is 12.5. The summed E-state index contributed by atoms with van der Waals surface area (Å²) in [5.41, 5.74) is 0. The molecule has 0 rings (SSSR count). The lowest BCUT2D eigenvalue weighted by Crippen LogP contribution is -2.28. The van der Waals surface area contributed by atoms with Crippen molar-refractivity contribution in [3.05, 3.63) is 72.9 Å². The summed E-state index contributed by atoms with van der Waals surface area (Å²) >= 11 is 0. The van der Waals surface area contributed by atoms with Gasteiger partial charge in [0.25, 0.3) is 0 Å². The lowest BCUT2D eigenvalue weighted by atomic mass is 10.0. The summed E-state index contributed by atoms with van der Waals surface area (Å²) in [7, 11) is 0. The lowest BCUT2D eigenvalue weighted by molar-refractivity contribution is -0.161. The first-order valence-corrected chi connectivity index (χ1v) is 28.5. The highest BCUT2D eigenvalue weighted by molar-refractivity contribution is 5.70. The summed E-state index contributed by atoms with van der Waals surface area (Å²) in [5.74, 6) is -0.621. The fourth-order valence-electron chi connectivity index (χ4n) is 8.23. The smallest absolute Gasteiger partial charge is 0.306 e. The van der Waals surface area contributed by atoms with Gasteiger partial charge in [0.15, 0.2) is 6.10 Å². The number of hydrogen-bond acceptors (Lipinski definition) is 5. The normalized spacial score (nSPS) is 12.7. The van der Waals surface area contributed by atoms with Gasteiger partial charge in [-0.25, -0.2) is 0 Å². The minimum atomic E-state index is -0.792. The van der Waals surface area contributed by atoms with Crippen molar-refractivity contribution in [2.45, 2.75) is 290 Å². The molecule has 0 aliphatic rings. The zero-order valence-corrected chi connectivity index (χ0v) is 43.7. The average Bonchev–Trinajstić information content (AvgIpc) is 3.32. The maximum Gasteiger partial charge on any atom is 0.306 e. The van der Waals surface area contributed by atoms with Gasteiger partial charge in [-0.2, -0.15) is 0 Å². The van der Waals surface area contributed by atoms with Crippen molar-refractivity contribution in [2.24, 2.45) is 0 Å². The van der Waals surface area contributed by atoms with E-state index < -0.39 is 6.10 Å². The highest BCUT2D eigenvalue weighted by Crippen LogP contribution is 2.17. The van der Waals surface area contributed by atoms with Crippen molar-refractivity contribution in [3.63, 3.8) is 0 Å². The van der Waals surface area contributed by atoms with Crippen LogP contribution in [0.5, 0.6) is 0 Å². The lowest BCUT2D eigenvalue weighted by Gasteiger charge is -2.15. The number of rotatable bonds is 52. The molecular formula is C61H108O5. The minimum Gasteiger partial charge on any atom is -0.462 e. The number of carbonyl (C=O) groups is 2. The first kappa shape index (κ1) is 63.3. The monoisotopic (exact) mass is 921 g/mol. The van der Waals surface area contributed by atoms with Crippen LogP contribution < -0.4 is 0 Å². The van der Waals surface area contributed by atoms with Crippen molar-refractivity contribution >= 4 is 11.9 Å². The van der Waals surface area contributed by atoms with Gasteiger partial charge in [0, 0.05) is 12.8 Å². The van der Waals surface area contributed by atoms with Gasteiger partial charge in [-0.15, -0.1) is 0 Å². The molecule has 382 valence electrons. The molecule has 0 heterocycles. The van der Waals surface area contributed by atoms with E-state index >= 15 is 0 Å². The quantitative estimate of drug-likeness (QED) is 0.0374. The number of esters is 2. The molecule has 1 atom stereocenters. The number of aliphatic hydroxyl groups is 1. The van der Waals surface area contributed by atoms with Crippen LogP contribution in [0, 0.1) is 0 Å². The molecule has 0 aromatic carbocycles. The second kappa shape index (κ2) is 56.7. The zero-order valence-electron chi connectivity index (χ0n) is 43.7. The second-order valence-electron chi connectivity index (χ2n) is 19.0. The third kappa shape index (κ3) is 54.0. The molecule has 0 aromatic rings. The second-order valence-corrected chi connectivity index (χ2v) is 19.0. The first-order valence-electron chi connectivity index (χ1n) is 28.5. The van der Waals surface area contributed by atoms with E-state index in [9.17, 15) is 14.7 Å². The third-order valence-corrected chi connectivity index (χ3v) is 12.5. The molecule has 0 aliphatic heterocycles. The van der Waals surface area contributed by atoms with Gasteiger partial charge in [0.05, 0.1) is 6.61 Å². The number of allylic oxidation sites excluding steroid dienone is 12. The standard InChI is InChI=1S/C61H108O5/c1-3-5-7-9-11-13-15-17-19-21-23-24-25-26-27-28-29-30-31-32-33-34-35-36-38-39-41-43-45-47-49-51-53-55-60(63)65-58-59(57-62)66-61(64)56-54-52-50-48-46-44-42-40-37-22-20-18-16-14-12-10-8-6-4-2/h6,8,12,14,18,20-21,23,37,40,44,46,59,62H,3-5,7,9-11,13,15-17,19,22,24-36,38-39,41-43,45,47-58H2,1-2H3/b8-6-,14-12-,20-18-,23-21-,40-37-,46-44-. The number of carbonyl (C=O) groups excluding carboxylic acids is 2. The van der Waals surface area contributed by atoms with Crippen LogP contribution in [-0.2, 0) is 19.1 Å². The van der Waals surface area contributed by atoms with E-state index in [-0.39, 0.29) is 25.2 Å². The minimum absolute atomic E-state index is 0.0799. The van der Waals surface area contributed by atoms with E-state index in [1.807, 2.05) is 0 Å². The highest BCUT2D eigenvalue weighted by atomic mass is 16.6. The molecule has 1 N–H and O–H groups in total. The van der Waals surface area contributed by atoms with E-state index in [0.29, 0.717) is 12.8 Å². The van der Waals surface area contributed by atoms with Gasteiger partial charge < -0.3 is 14.6 Å². The molecule has 0 bridgehead atoms. The molecule has 0 saturated heterocycles. The summed E-state index contributed by atoms with van der Waals surface area (Å²) in [6.07, 6.45) is 77.5. The van der Waals surface area contributed by atoms with Crippen LogP contribution in [0.1, 0.15) is 284 Å². The molecule has 0 saturated carbocycles. The molecule has 1 unspecified atom stereocenters. The van der Waals surface area contributed by atoms with E-state index in [4.69, 9.17) is 9.47 Å². The molecule has 0 fully saturated rings. The van der Waals surface area contributed by atoms with Gasteiger partial charge in [-0.3, -0.25) is 9.59 Å². The predicted octanol–water partition coefficient (Wildman–Crippen LogP) is 19.2. The number of aliphatic hydroxyl groups excluding tert-OH is 1. The van der Waals surface area contributed by atoms with Crippen LogP contribution in [0.25, 0.3) is 0 Å². The summed E-state index contributed by atoms with van der Waals surface area (Å²) < 4.78 is 10.7. The molecule has 5 nitrogen and oxygen atoms in total. The largest absolute Gasteiger partial charge is 0.462 e. The van der Waals surface area contributed by atoms with Crippen LogP contribution >= 0.6 is 0 Å². The van der Waals surface area contributed by atoms with Crippen molar-refractivity contribution in [2.75, 3.05) is 13.2 Å². The Hall–Kier alpha value is -2.66. The van der Waals surface area contributed by atoms with E-state index in [1.54, 1.807) is 0 Å². The van der Waals surface area contributed by atoms with Gasteiger partial charge in [0.2, 0.25) is 0 Å². The highest BCUT2D eigenvalue weighted by Gasteiger charge is 2.16. The zero-order chi connectivity index (χ0) is 47.7. The number of ether oxygens (including phenoxy) is 2. The SMILES string of the molecule is CC/C=C\C/C=C\C/C=C\C/C=C\C/C=C\CCCCCC(=O)OC(CO)COC(=O)CCCCCCCCCCCCCCCCCCCCCCC/C=C\CCCCCCCCCC. The molecule has 0 aromatic heterocycles. The fourth-order valence-corrected chi connectivity index (χ4v) is 8.23. The number of hydrogen-bond donors (Lipinski definition) is 1. The molecule has 0 aliphatic carbocycles.